The Labute approximate surface area is 173 Å². The molecule has 0 aliphatic carbocycles. The minimum absolute atomic E-state index is 0.0881. The van der Waals surface area contributed by atoms with Crippen LogP contribution >= 0.6 is 0 Å². The van der Waals surface area contributed by atoms with Gasteiger partial charge in [-0.25, -0.2) is 8.42 Å². The smallest absolute Gasteiger partial charge is 0.278 e. The maximum Gasteiger partial charge on any atom is 0.278 e. The maximum absolute atomic E-state index is 12.9. The van der Waals surface area contributed by atoms with Gasteiger partial charge < -0.3 is 9.80 Å². The van der Waals surface area contributed by atoms with Gasteiger partial charge in [-0.15, -0.1) is 0 Å². The quantitative estimate of drug-likeness (QED) is 0.680. The summed E-state index contributed by atoms with van der Waals surface area (Å²) in [6.07, 6.45) is 4.35. The van der Waals surface area contributed by atoms with E-state index < -0.39 is 10.0 Å². The number of quaternary nitrogens is 1. The zero-order valence-electron chi connectivity index (χ0n) is 17.4. The van der Waals surface area contributed by atoms with Gasteiger partial charge in [-0.05, 0) is 44.7 Å². The van der Waals surface area contributed by atoms with Crippen LogP contribution < -0.4 is 4.90 Å². The third kappa shape index (κ3) is 5.05. The van der Waals surface area contributed by atoms with Crippen LogP contribution in [0.2, 0.25) is 0 Å². The van der Waals surface area contributed by atoms with Crippen molar-refractivity contribution in [1.29, 1.82) is 0 Å². The lowest BCUT2D eigenvalue weighted by Gasteiger charge is -2.37. The van der Waals surface area contributed by atoms with Gasteiger partial charge in [0.1, 0.15) is 0 Å². The van der Waals surface area contributed by atoms with Crippen molar-refractivity contribution in [3.05, 3.63) is 29.8 Å². The summed E-state index contributed by atoms with van der Waals surface area (Å²) in [5, 5.41) is 0. The molecular weight excluding hydrogens is 390 g/mol. The SMILES string of the molecule is CC[C@H]1CCCCN1C(=O)C[NH+]1CCN(S(=O)(=O)c2ccc(C(C)=O)cc2)CC1. The molecule has 1 aromatic carbocycles. The molecule has 0 radical (unpaired) electrons. The van der Waals surface area contributed by atoms with Crippen molar-refractivity contribution in [1.82, 2.24) is 9.21 Å². The highest BCUT2D eigenvalue weighted by molar-refractivity contribution is 7.89. The van der Waals surface area contributed by atoms with E-state index in [1.165, 1.54) is 29.8 Å². The molecule has 2 aliphatic rings. The largest absolute Gasteiger partial charge is 0.335 e. The first-order valence-electron chi connectivity index (χ1n) is 10.6. The molecule has 2 fully saturated rings. The van der Waals surface area contributed by atoms with Crippen LogP contribution in [0.25, 0.3) is 0 Å². The van der Waals surface area contributed by atoms with Crippen molar-refractivity contribution < 1.29 is 22.9 Å². The molecule has 0 bridgehead atoms. The molecule has 2 aliphatic heterocycles. The number of nitrogens with one attached hydrogen (secondary N) is 1. The summed E-state index contributed by atoms with van der Waals surface area (Å²) < 4.78 is 27.3. The molecule has 1 atom stereocenters. The minimum Gasteiger partial charge on any atom is -0.335 e. The number of likely N-dealkylation sites (tertiary alicyclic amines) is 1. The van der Waals surface area contributed by atoms with Gasteiger partial charge in [0, 0.05) is 18.2 Å². The van der Waals surface area contributed by atoms with Crippen molar-refractivity contribution in [3.8, 4) is 0 Å². The van der Waals surface area contributed by atoms with Gasteiger partial charge in [0.05, 0.1) is 31.1 Å². The molecule has 1 aromatic rings. The minimum atomic E-state index is -3.58. The Hall–Kier alpha value is -1.77. The topological polar surface area (TPSA) is 79.2 Å². The fourth-order valence-electron chi connectivity index (χ4n) is 4.30. The Morgan fingerprint density at radius 1 is 1.07 bits per heavy atom. The molecule has 3 rings (SSSR count). The predicted molar refractivity (Wildman–Crippen MR) is 110 cm³/mol. The van der Waals surface area contributed by atoms with E-state index in [-0.39, 0.29) is 16.6 Å². The predicted octanol–water partition coefficient (Wildman–Crippen LogP) is 0.570. The number of carbonyl (C=O) groups is 2. The van der Waals surface area contributed by atoms with Gasteiger partial charge in [0.2, 0.25) is 10.0 Å². The van der Waals surface area contributed by atoms with E-state index in [4.69, 9.17) is 0 Å². The summed E-state index contributed by atoms with van der Waals surface area (Å²) >= 11 is 0. The molecule has 1 amide bonds. The first kappa shape index (κ1) is 21.9. The van der Waals surface area contributed by atoms with Crippen LogP contribution in [0.15, 0.2) is 29.2 Å². The highest BCUT2D eigenvalue weighted by atomic mass is 32.2. The molecule has 0 saturated carbocycles. The van der Waals surface area contributed by atoms with Crippen LogP contribution in [0, 0.1) is 0 Å². The van der Waals surface area contributed by atoms with Crippen molar-refractivity contribution in [2.75, 3.05) is 39.3 Å². The number of carbonyl (C=O) groups excluding carboxylic acids is 2. The Morgan fingerprint density at radius 2 is 1.72 bits per heavy atom. The molecule has 29 heavy (non-hydrogen) atoms. The Balaban J connectivity index is 1.56. The highest BCUT2D eigenvalue weighted by Gasteiger charge is 2.33. The molecule has 8 heteroatoms. The normalized spacial score (nSPS) is 21.9. The number of piperazine rings is 1. The van der Waals surface area contributed by atoms with Gasteiger partial charge in [0.15, 0.2) is 12.3 Å². The summed E-state index contributed by atoms with van der Waals surface area (Å²) in [5.41, 5.74) is 0.500. The third-order valence-corrected chi connectivity index (χ3v) is 8.06. The number of piperidine rings is 1. The van der Waals surface area contributed by atoms with Crippen LogP contribution in [0.3, 0.4) is 0 Å². The van der Waals surface area contributed by atoms with E-state index in [1.807, 2.05) is 4.90 Å². The number of sulfonamides is 1. The second-order valence-electron chi connectivity index (χ2n) is 8.06. The van der Waals surface area contributed by atoms with Crippen molar-refractivity contribution in [2.45, 2.75) is 50.5 Å². The molecule has 2 saturated heterocycles. The van der Waals surface area contributed by atoms with E-state index in [9.17, 15) is 18.0 Å². The van der Waals surface area contributed by atoms with Crippen molar-refractivity contribution in [3.63, 3.8) is 0 Å². The van der Waals surface area contributed by atoms with Crippen molar-refractivity contribution >= 4 is 21.7 Å². The number of hydrogen-bond acceptors (Lipinski definition) is 4. The third-order valence-electron chi connectivity index (χ3n) is 6.15. The second kappa shape index (κ2) is 9.36. The zero-order chi connectivity index (χ0) is 21.0. The monoisotopic (exact) mass is 422 g/mol. The first-order chi connectivity index (χ1) is 13.8. The Morgan fingerprint density at radius 3 is 2.31 bits per heavy atom. The summed E-state index contributed by atoms with van der Waals surface area (Å²) in [5.74, 6) is 0.109. The molecule has 2 heterocycles. The molecular formula is C21H32N3O4S+. The summed E-state index contributed by atoms with van der Waals surface area (Å²) in [7, 11) is -3.58. The fraction of sp³-hybridized carbons (Fsp3) is 0.619. The van der Waals surface area contributed by atoms with E-state index in [0.29, 0.717) is 44.3 Å². The Kier molecular flexibility index (Phi) is 7.08. The van der Waals surface area contributed by atoms with E-state index in [0.717, 1.165) is 30.7 Å². The number of nitrogens with zero attached hydrogens (tertiary/aromatic N) is 2. The first-order valence-corrected chi connectivity index (χ1v) is 12.0. The molecule has 0 spiro atoms. The standard InChI is InChI=1S/C21H31N3O4S/c1-3-19-6-4-5-11-24(19)21(26)16-22-12-14-23(15-13-22)29(27,28)20-9-7-18(8-10-20)17(2)25/h7-10,19H,3-6,11-16H2,1-2H3/p+1/t19-/m0/s1. The van der Waals surface area contributed by atoms with Crippen LogP contribution in [0.4, 0.5) is 0 Å². The number of rotatable bonds is 6. The lowest BCUT2D eigenvalue weighted by Crippen LogP contribution is -3.15. The molecule has 0 aromatic heterocycles. The maximum atomic E-state index is 12.9. The van der Waals surface area contributed by atoms with Gasteiger partial charge in [-0.2, -0.15) is 4.31 Å². The molecule has 0 unspecified atom stereocenters. The number of hydrogen-bond donors (Lipinski definition) is 1. The van der Waals surface area contributed by atoms with Gasteiger partial charge in [-0.1, -0.05) is 19.1 Å². The lowest BCUT2D eigenvalue weighted by molar-refractivity contribution is -0.896. The number of benzene rings is 1. The summed E-state index contributed by atoms with van der Waals surface area (Å²) in [6.45, 7) is 6.93. The second-order valence-corrected chi connectivity index (χ2v) is 9.99. The average molecular weight is 423 g/mol. The number of Topliss-reactive ketones (excluding diaryl/α,β-unsaturated/α-hetero) is 1. The van der Waals surface area contributed by atoms with E-state index in [1.54, 1.807) is 12.1 Å². The van der Waals surface area contributed by atoms with E-state index >= 15 is 0 Å². The van der Waals surface area contributed by atoms with Crippen LogP contribution in [0.5, 0.6) is 0 Å². The van der Waals surface area contributed by atoms with Crippen LogP contribution in [0.1, 0.15) is 49.9 Å². The van der Waals surface area contributed by atoms with Gasteiger partial charge in [0.25, 0.3) is 5.91 Å². The summed E-state index contributed by atoms with van der Waals surface area (Å²) in [4.78, 5) is 27.6. The Bertz CT molecular complexity index is 830. The molecule has 160 valence electrons. The van der Waals surface area contributed by atoms with Crippen molar-refractivity contribution in [2.24, 2.45) is 0 Å². The van der Waals surface area contributed by atoms with E-state index in [2.05, 4.69) is 6.92 Å². The number of ketones is 1. The zero-order valence-corrected chi connectivity index (χ0v) is 18.2. The highest BCUT2D eigenvalue weighted by Crippen LogP contribution is 2.19. The molecule has 7 nitrogen and oxygen atoms in total. The van der Waals surface area contributed by atoms with Crippen LogP contribution in [-0.2, 0) is 14.8 Å². The fourth-order valence-corrected chi connectivity index (χ4v) is 5.74. The van der Waals surface area contributed by atoms with Gasteiger partial charge in [-0.3, -0.25) is 9.59 Å². The van der Waals surface area contributed by atoms with Crippen LogP contribution in [-0.4, -0.2) is 74.6 Å². The number of amides is 1. The molecule has 1 N–H and O–H groups in total. The lowest BCUT2D eigenvalue weighted by atomic mass is 10.00. The average Bonchev–Trinajstić information content (AvgIpc) is 2.74. The summed E-state index contributed by atoms with van der Waals surface area (Å²) in [6, 6.07) is 6.46. The van der Waals surface area contributed by atoms with Gasteiger partial charge >= 0.3 is 0 Å².